The number of nitrogens with one attached hydrogen (secondary N) is 1. The average Bonchev–Trinajstić information content (AvgIpc) is 2.44. The molecule has 3 N–H and O–H groups in total. The predicted octanol–water partition coefficient (Wildman–Crippen LogP) is 2.16. The molecule has 0 aliphatic heterocycles. The van der Waals surface area contributed by atoms with Gasteiger partial charge in [-0.15, -0.1) is 11.8 Å². The first-order valence-electron chi connectivity index (χ1n) is 6.36. The highest BCUT2D eigenvalue weighted by atomic mass is 32.2. The zero-order chi connectivity index (χ0) is 14.6. The first kappa shape index (κ1) is 15.3. The molecule has 0 aliphatic carbocycles. The smallest absolute Gasteiger partial charge is 0.242 e. The van der Waals surface area contributed by atoms with E-state index >= 15 is 0 Å². The van der Waals surface area contributed by atoms with Gasteiger partial charge in [-0.05, 0) is 18.4 Å². The minimum atomic E-state index is -3.53. The van der Waals surface area contributed by atoms with Crippen molar-refractivity contribution in [3.05, 3.63) is 42.5 Å². The molecule has 20 heavy (non-hydrogen) atoms. The third-order valence-corrected chi connectivity index (χ3v) is 5.68. The summed E-state index contributed by atoms with van der Waals surface area (Å²) in [4.78, 5) is 0.316. The summed E-state index contributed by atoms with van der Waals surface area (Å²) in [5.74, 6) is 0.721. The van der Waals surface area contributed by atoms with E-state index in [-0.39, 0.29) is 5.37 Å². The fourth-order valence-electron chi connectivity index (χ4n) is 1.99. The van der Waals surface area contributed by atoms with Gasteiger partial charge in [-0.25, -0.2) is 8.42 Å². The Bertz CT molecular complexity index is 681. The molecule has 2 rings (SSSR count). The molecular weight excluding hydrogens is 292 g/mol. The lowest BCUT2D eigenvalue weighted by molar-refractivity contribution is 0.582. The van der Waals surface area contributed by atoms with Crippen molar-refractivity contribution in [1.29, 1.82) is 0 Å². The highest BCUT2D eigenvalue weighted by Gasteiger charge is 2.19. The summed E-state index contributed by atoms with van der Waals surface area (Å²) in [6, 6.07) is 12.8. The lowest BCUT2D eigenvalue weighted by Crippen LogP contribution is -2.31. The average molecular weight is 310 g/mol. The molecule has 0 fully saturated rings. The summed E-state index contributed by atoms with van der Waals surface area (Å²) in [7, 11) is -3.53. The predicted molar refractivity (Wildman–Crippen MR) is 85.2 cm³/mol. The fourth-order valence-corrected chi connectivity index (χ4v) is 4.43. The van der Waals surface area contributed by atoms with Crippen LogP contribution in [-0.2, 0) is 10.0 Å². The van der Waals surface area contributed by atoms with Gasteiger partial charge in [0.25, 0.3) is 0 Å². The number of sulfonamides is 1. The summed E-state index contributed by atoms with van der Waals surface area (Å²) < 4.78 is 27.6. The Kier molecular flexibility index (Phi) is 5.04. The molecule has 0 heterocycles. The van der Waals surface area contributed by atoms with Crippen molar-refractivity contribution in [2.45, 2.75) is 17.2 Å². The van der Waals surface area contributed by atoms with Crippen molar-refractivity contribution < 1.29 is 8.42 Å². The van der Waals surface area contributed by atoms with Crippen molar-refractivity contribution >= 4 is 32.6 Å². The number of fused-ring (bicyclic) bond motifs is 1. The number of rotatable bonds is 6. The molecule has 0 aliphatic rings. The monoisotopic (exact) mass is 310 g/mol. The van der Waals surface area contributed by atoms with Gasteiger partial charge in [-0.3, -0.25) is 0 Å². The summed E-state index contributed by atoms with van der Waals surface area (Å²) in [6.45, 7) is 2.36. The highest BCUT2D eigenvalue weighted by Crippen LogP contribution is 2.23. The molecule has 0 radical (unpaired) electrons. The highest BCUT2D eigenvalue weighted by molar-refractivity contribution is 8.00. The van der Waals surface area contributed by atoms with Crippen LogP contribution in [0.3, 0.4) is 0 Å². The normalized spacial score (nSPS) is 13.5. The first-order chi connectivity index (χ1) is 9.54. The van der Waals surface area contributed by atoms with Crippen LogP contribution in [0.2, 0.25) is 0 Å². The molecule has 2 aromatic carbocycles. The van der Waals surface area contributed by atoms with Crippen LogP contribution in [-0.4, -0.2) is 26.1 Å². The minimum absolute atomic E-state index is 0.206. The van der Waals surface area contributed by atoms with Gasteiger partial charge in [0.1, 0.15) is 0 Å². The van der Waals surface area contributed by atoms with Crippen LogP contribution in [0.15, 0.2) is 47.4 Å². The molecule has 1 atom stereocenters. The maximum Gasteiger partial charge on any atom is 0.242 e. The first-order valence-corrected chi connectivity index (χ1v) is 8.89. The van der Waals surface area contributed by atoms with E-state index in [0.717, 1.165) is 16.5 Å². The number of hydrogen-bond acceptors (Lipinski definition) is 4. The van der Waals surface area contributed by atoms with Crippen LogP contribution in [0.1, 0.15) is 6.92 Å². The van der Waals surface area contributed by atoms with E-state index in [4.69, 9.17) is 5.73 Å². The quantitative estimate of drug-likeness (QED) is 0.802. The van der Waals surface area contributed by atoms with Gasteiger partial charge >= 0.3 is 0 Å². The van der Waals surface area contributed by atoms with Crippen LogP contribution in [0.25, 0.3) is 10.8 Å². The molecule has 0 spiro atoms. The van der Waals surface area contributed by atoms with Crippen LogP contribution in [0.4, 0.5) is 0 Å². The Labute approximate surface area is 123 Å². The largest absolute Gasteiger partial charge is 0.330 e. The van der Waals surface area contributed by atoms with E-state index in [0.29, 0.717) is 11.4 Å². The summed E-state index contributed by atoms with van der Waals surface area (Å²) in [5.41, 5.74) is 5.43. The molecule has 108 valence electrons. The molecule has 4 nitrogen and oxygen atoms in total. The third-order valence-electron chi connectivity index (χ3n) is 2.85. The summed E-state index contributed by atoms with van der Waals surface area (Å²) in [6.07, 6.45) is 0. The molecule has 0 amide bonds. The Morgan fingerprint density at radius 2 is 1.90 bits per heavy atom. The number of nitrogens with two attached hydrogens (primary N) is 1. The topological polar surface area (TPSA) is 72.2 Å². The zero-order valence-electron chi connectivity index (χ0n) is 11.2. The fraction of sp³-hybridized carbons (Fsp3) is 0.286. The van der Waals surface area contributed by atoms with Crippen molar-refractivity contribution in [3.63, 3.8) is 0 Å². The van der Waals surface area contributed by atoms with E-state index in [1.807, 2.05) is 37.3 Å². The van der Waals surface area contributed by atoms with Gasteiger partial charge in [0, 0.05) is 17.7 Å². The van der Waals surface area contributed by atoms with Crippen molar-refractivity contribution in [2.24, 2.45) is 5.73 Å². The van der Waals surface area contributed by atoms with E-state index in [9.17, 15) is 8.42 Å². The van der Waals surface area contributed by atoms with Gasteiger partial charge in [-0.2, -0.15) is 4.72 Å². The maximum absolute atomic E-state index is 12.5. The van der Waals surface area contributed by atoms with Crippen molar-refractivity contribution in [1.82, 2.24) is 4.72 Å². The molecule has 0 aromatic heterocycles. The molecule has 0 saturated heterocycles. The maximum atomic E-state index is 12.5. The van der Waals surface area contributed by atoms with Gasteiger partial charge < -0.3 is 5.73 Å². The van der Waals surface area contributed by atoms with E-state index in [1.165, 1.54) is 11.8 Å². The lowest BCUT2D eigenvalue weighted by atomic mass is 10.1. The molecular formula is C14H18N2O2S2. The second kappa shape index (κ2) is 6.58. The Balaban J connectivity index is 2.32. The van der Waals surface area contributed by atoms with Crippen molar-refractivity contribution in [2.75, 3.05) is 12.3 Å². The van der Waals surface area contributed by atoms with Crippen LogP contribution in [0.5, 0.6) is 0 Å². The number of thioether (sulfide) groups is 1. The Hall–Kier alpha value is -1.08. The second-order valence-electron chi connectivity index (χ2n) is 4.40. The van der Waals surface area contributed by atoms with E-state index in [1.54, 1.807) is 12.1 Å². The van der Waals surface area contributed by atoms with Gasteiger partial charge in [0.05, 0.1) is 10.3 Å². The lowest BCUT2D eigenvalue weighted by Gasteiger charge is -2.14. The molecule has 1 unspecified atom stereocenters. The van der Waals surface area contributed by atoms with Gasteiger partial charge in [0.15, 0.2) is 0 Å². The standard InChI is InChI=1S/C14H18N2O2S2/c1-11(19-10-9-15)16-20(17,18)14-8-4-6-12-5-2-3-7-13(12)14/h2-8,11,16H,9-10,15H2,1H3. The Morgan fingerprint density at radius 1 is 1.20 bits per heavy atom. The number of benzene rings is 2. The van der Waals surface area contributed by atoms with Gasteiger partial charge in [-0.1, -0.05) is 36.4 Å². The van der Waals surface area contributed by atoms with Crippen LogP contribution >= 0.6 is 11.8 Å². The molecule has 0 bridgehead atoms. The van der Waals surface area contributed by atoms with Crippen LogP contribution < -0.4 is 10.5 Å². The summed E-state index contributed by atoms with van der Waals surface area (Å²) >= 11 is 1.49. The van der Waals surface area contributed by atoms with E-state index < -0.39 is 10.0 Å². The number of hydrogen-bond donors (Lipinski definition) is 2. The molecule has 6 heteroatoms. The molecule has 0 saturated carbocycles. The second-order valence-corrected chi connectivity index (χ2v) is 7.53. The SMILES string of the molecule is CC(NS(=O)(=O)c1cccc2ccccc12)SCCN. The minimum Gasteiger partial charge on any atom is -0.330 e. The van der Waals surface area contributed by atoms with Crippen LogP contribution in [0, 0.1) is 0 Å². The van der Waals surface area contributed by atoms with Crippen molar-refractivity contribution in [3.8, 4) is 0 Å². The summed E-state index contributed by atoms with van der Waals surface area (Å²) in [5, 5.41) is 1.44. The zero-order valence-corrected chi connectivity index (χ0v) is 12.9. The molecule has 2 aromatic rings. The Morgan fingerprint density at radius 3 is 2.65 bits per heavy atom. The van der Waals surface area contributed by atoms with Gasteiger partial charge in [0.2, 0.25) is 10.0 Å². The van der Waals surface area contributed by atoms with E-state index in [2.05, 4.69) is 4.72 Å². The third kappa shape index (κ3) is 3.52.